The first-order valence-electron chi connectivity index (χ1n) is 5.15. The van der Waals surface area contributed by atoms with Crippen LogP contribution < -0.4 is 5.73 Å². The summed E-state index contributed by atoms with van der Waals surface area (Å²) in [5.74, 6) is 0. The van der Waals surface area contributed by atoms with Crippen LogP contribution in [0.2, 0.25) is 0 Å². The van der Waals surface area contributed by atoms with Crippen molar-refractivity contribution >= 4 is 16.5 Å². The van der Waals surface area contributed by atoms with Crippen molar-refractivity contribution in [2.45, 2.75) is 19.5 Å². The Balaban J connectivity index is 1.94. The summed E-state index contributed by atoms with van der Waals surface area (Å²) in [5.41, 5.74) is 5.56. The molecule has 0 bridgehead atoms. The van der Waals surface area contributed by atoms with Crippen molar-refractivity contribution in [3.8, 4) is 0 Å². The maximum Gasteiger partial charge on any atom is 0.203 e. The van der Waals surface area contributed by atoms with Gasteiger partial charge in [0, 0.05) is 25.7 Å². The zero-order valence-electron chi connectivity index (χ0n) is 9.18. The molecule has 2 heterocycles. The van der Waals surface area contributed by atoms with Crippen LogP contribution in [0, 0.1) is 0 Å². The molecule has 6 heteroatoms. The van der Waals surface area contributed by atoms with Gasteiger partial charge in [0.25, 0.3) is 0 Å². The van der Waals surface area contributed by atoms with Gasteiger partial charge >= 0.3 is 0 Å². The van der Waals surface area contributed by atoms with Gasteiger partial charge in [0.15, 0.2) is 0 Å². The highest BCUT2D eigenvalue weighted by molar-refractivity contribution is 7.15. The second-order valence-electron chi connectivity index (χ2n) is 4.12. The third-order valence-electron chi connectivity index (χ3n) is 2.79. The van der Waals surface area contributed by atoms with E-state index in [-0.39, 0.29) is 0 Å². The molecule has 0 amide bonds. The van der Waals surface area contributed by atoms with E-state index >= 15 is 0 Å². The molecule has 0 radical (unpaired) electrons. The number of rotatable bonds is 2. The van der Waals surface area contributed by atoms with Gasteiger partial charge in [0.05, 0.1) is 6.54 Å². The molecule has 2 N–H and O–H groups in total. The molecular weight excluding hydrogens is 210 g/mol. The van der Waals surface area contributed by atoms with Crippen LogP contribution in [0.3, 0.4) is 0 Å². The first kappa shape index (κ1) is 10.8. The molecular formula is C9H17N5S. The number of hydrogen-bond acceptors (Lipinski definition) is 6. The Morgan fingerprint density at radius 2 is 2.27 bits per heavy atom. The van der Waals surface area contributed by atoms with Crippen LogP contribution in [0.5, 0.6) is 0 Å². The fourth-order valence-electron chi connectivity index (χ4n) is 1.92. The lowest BCUT2D eigenvalue weighted by Crippen LogP contribution is -2.49. The molecule has 15 heavy (non-hydrogen) atoms. The molecule has 1 atom stereocenters. The van der Waals surface area contributed by atoms with Crippen molar-refractivity contribution in [1.29, 1.82) is 0 Å². The highest BCUT2D eigenvalue weighted by Crippen LogP contribution is 2.16. The van der Waals surface area contributed by atoms with Crippen LogP contribution in [0.15, 0.2) is 0 Å². The van der Waals surface area contributed by atoms with E-state index in [1.807, 2.05) is 0 Å². The summed E-state index contributed by atoms with van der Waals surface area (Å²) in [4.78, 5) is 4.79. The first-order chi connectivity index (χ1) is 7.15. The summed E-state index contributed by atoms with van der Waals surface area (Å²) in [5, 5.41) is 9.46. The van der Waals surface area contributed by atoms with E-state index < -0.39 is 0 Å². The van der Waals surface area contributed by atoms with Crippen LogP contribution >= 0.6 is 11.3 Å². The lowest BCUT2D eigenvalue weighted by atomic mass is 10.2. The number of piperazine rings is 1. The second kappa shape index (κ2) is 4.42. The van der Waals surface area contributed by atoms with Gasteiger partial charge < -0.3 is 10.6 Å². The Hall–Kier alpha value is -0.720. The Labute approximate surface area is 93.9 Å². The first-order valence-corrected chi connectivity index (χ1v) is 5.97. The summed E-state index contributed by atoms with van der Waals surface area (Å²) >= 11 is 1.48. The van der Waals surface area contributed by atoms with E-state index in [1.54, 1.807) is 0 Å². The fourth-order valence-corrected chi connectivity index (χ4v) is 2.55. The zero-order valence-corrected chi connectivity index (χ0v) is 10.00. The van der Waals surface area contributed by atoms with Gasteiger partial charge in [-0.15, -0.1) is 10.2 Å². The van der Waals surface area contributed by atoms with E-state index in [4.69, 9.17) is 5.73 Å². The minimum absolute atomic E-state index is 0.562. The molecule has 5 nitrogen and oxygen atoms in total. The van der Waals surface area contributed by atoms with Crippen molar-refractivity contribution < 1.29 is 0 Å². The van der Waals surface area contributed by atoms with E-state index in [1.165, 1.54) is 11.3 Å². The molecule has 1 unspecified atom stereocenters. The number of anilines is 1. The second-order valence-corrected chi connectivity index (χ2v) is 5.21. The van der Waals surface area contributed by atoms with Gasteiger partial charge in [-0.05, 0) is 14.0 Å². The van der Waals surface area contributed by atoms with Crippen molar-refractivity contribution in [2.24, 2.45) is 0 Å². The van der Waals surface area contributed by atoms with Gasteiger partial charge in [0.2, 0.25) is 5.13 Å². The predicted molar refractivity (Wildman–Crippen MR) is 61.7 cm³/mol. The normalized spacial score (nSPS) is 24.5. The molecule has 1 aromatic rings. The molecule has 1 aliphatic rings. The maximum atomic E-state index is 5.56. The fraction of sp³-hybridized carbons (Fsp3) is 0.778. The lowest BCUT2D eigenvalue weighted by molar-refractivity contribution is 0.0936. The SMILES string of the molecule is CC1CN(C)CCN1Cc1nnc(N)s1. The zero-order chi connectivity index (χ0) is 10.8. The van der Waals surface area contributed by atoms with Gasteiger partial charge in [-0.1, -0.05) is 11.3 Å². The van der Waals surface area contributed by atoms with Crippen LogP contribution in [0.1, 0.15) is 11.9 Å². The molecule has 2 rings (SSSR count). The largest absolute Gasteiger partial charge is 0.374 e. The van der Waals surface area contributed by atoms with Crippen LogP contribution in [0.4, 0.5) is 5.13 Å². The summed E-state index contributed by atoms with van der Waals surface area (Å²) in [6.45, 7) is 6.47. The van der Waals surface area contributed by atoms with Crippen molar-refractivity contribution in [2.75, 3.05) is 32.4 Å². The lowest BCUT2D eigenvalue weighted by Gasteiger charge is -2.37. The third-order valence-corrected chi connectivity index (χ3v) is 3.53. The molecule has 0 saturated carbocycles. The number of nitrogens with zero attached hydrogens (tertiary/aromatic N) is 4. The van der Waals surface area contributed by atoms with E-state index in [9.17, 15) is 0 Å². The molecule has 1 aliphatic heterocycles. The summed E-state index contributed by atoms with van der Waals surface area (Å²) in [6.07, 6.45) is 0. The smallest absolute Gasteiger partial charge is 0.203 e. The van der Waals surface area contributed by atoms with Crippen molar-refractivity contribution in [1.82, 2.24) is 20.0 Å². The van der Waals surface area contributed by atoms with Crippen LogP contribution in [-0.4, -0.2) is 52.7 Å². The minimum Gasteiger partial charge on any atom is -0.374 e. The number of nitrogens with two attached hydrogens (primary N) is 1. The Morgan fingerprint density at radius 3 is 2.87 bits per heavy atom. The van der Waals surface area contributed by atoms with E-state index in [0.29, 0.717) is 11.2 Å². The summed E-state index contributed by atoms with van der Waals surface area (Å²) in [6, 6.07) is 0.578. The van der Waals surface area contributed by atoms with Gasteiger partial charge in [-0.3, -0.25) is 4.90 Å². The number of hydrogen-bond donors (Lipinski definition) is 1. The molecule has 1 saturated heterocycles. The van der Waals surface area contributed by atoms with Gasteiger partial charge in [-0.25, -0.2) is 0 Å². The Kier molecular flexibility index (Phi) is 3.18. The molecule has 1 fully saturated rings. The summed E-state index contributed by atoms with van der Waals surface area (Å²) < 4.78 is 0. The Bertz CT molecular complexity index is 326. The highest BCUT2D eigenvalue weighted by Gasteiger charge is 2.22. The minimum atomic E-state index is 0.562. The van der Waals surface area contributed by atoms with Gasteiger partial charge in [0.1, 0.15) is 5.01 Å². The predicted octanol–water partition coefficient (Wildman–Crippen LogP) is 0.256. The standard InChI is InChI=1S/C9H17N5S/c1-7-5-13(2)3-4-14(7)6-8-11-12-9(10)15-8/h7H,3-6H2,1-2H3,(H2,10,12). The molecule has 0 aliphatic carbocycles. The molecule has 0 aromatic carbocycles. The van der Waals surface area contributed by atoms with Crippen LogP contribution in [-0.2, 0) is 6.54 Å². The topological polar surface area (TPSA) is 58.3 Å². The maximum absolute atomic E-state index is 5.56. The van der Waals surface area contributed by atoms with Crippen molar-refractivity contribution in [3.05, 3.63) is 5.01 Å². The molecule has 1 aromatic heterocycles. The number of likely N-dealkylation sites (N-methyl/N-ethyl adjacent to an activating group) is 1. The average Bonchev–Trinajstić information content (AvgIpc) is 2.56. The Morgan fingerprint density at radius 1 is 1.47 bits per heavy atom. The third kappa shape index (κ3) is 2.64. The quantitative estimate of drug-likeness (QED) is 0.785. The summed E-state index contributed by atoms with van der Waals surface area (Å²) in [7, 11) is 2.16. The number of nitrogen functional groups attached to an aromatic ring is 1. The van der Waals surface area contributed by atoms with E-state index in [0.717, 1.165) is 31.2 Å². The monoisotopic (exact) mass is 227 g/mol. The van der Waals surface area contributed by atoms with E-state index in [2.05, 4.69) is 34.0 Å². The van der Waals surface area contributed by atoms with Crippen molar-refractivity contribution in [3.63, 3.8) is 0 Å². The molecule has 0 spiro atoms. The average molecular weight is 227 g/mol. The van der Waals surface area contributed by atoms with Gasteiger partial charge in [-0.2, -0.15) is 0 Å². The van der Waals surface area contributed by atoms with Crippen LogP contribution in [0.25, 0.3) is 0 Å². The molecule has 84 valence electrons. The number of aromatic nitrogens is 2. The highest BCUT2D eigenvalue weighted by atomic mass is 32.1.